The van der Waals surface area contributed by atoms with Crippen LogP contribution in [-0.4, -0.2) is 24.5 Å². The van der Waals surface area contributed by atoms with Gasteiger partial charge in [-0.15, -0.1) is 0 Å². The van der Waals surface area contributed by atoms with Gasteiger partial charge >= 0.3 is 0 Å². The van der Waals surface area contributed by atoms with Crippen LogP contribution in [0.5, 0.6) is 0 Å². The van der Waals surface area contributed by atoms with Gasteiger partial charge in [0.05, 0.1) is 0 Å². The lowest BCUT2D eigenvalue weighted by molar-refractivity contribution is 0.234. The number of piperidine rings is 1. The van der Waals surface area contributed by atoms with Gasteiger partial charge < -0.3 is 4.90 Å². The van der Waals surface area contributed by atoms with Crippen LogP contribution < -0.4 is 0 Å². The quantitative estimate of drug-likeness (QED) is 0.609. The highest BCUT2D eigenvalue weighted by molar-refractivity contribution is 4.97. The maximum absolute atomic E-state index is 2.66. The summed E-state index contributed by atoms with van der Waals surface area (Å²) in [6, 6.07) is 0. The third kappa shape index (κ3) is 2.22. The molecule has 0 aromatic heterocycles. The molecule has 2 aliphatic rings. The minimum Gasteiger partial charge on any atom is -0.303 e. The van der Waals surface area contributed by atoms with Gasteiger partial charge in [-0.05, 0) is 44.7 Å². The molecular weight excluding hydrogens is 146 g/mol. The Morgan fingerprint density at radius 3 is 2.17 bits per heavy atom. The highest BCUT2D eigenvalue weighted by Gasteiger charge is 2.19. The van der Waals surface area contributed by atoms with Crippen molar-refractivity contribution in [3.05, 3.63) is 5.92 Å². The maximum atomic E-state index is 2.66. The summed E-state index contributed by atoms with van der Waals surface area (Å²) in [6.07, 6.45) is 10.1. The fourth-order valence-electron chi connectivity index (χ4n) is 2.47. The van der Waals surface area contributed by atoms with Gasteiger partial charge in [0.1, 0.15) is 0 Å². The van der Waals surface area contributed by atoms with Gasteiger partial charge in [-0.25, -0.2) is 0 Å². The van der Waals surface area contributed by atoms with Crippen molar-refractivity contribution in [3.8, 4) is 0 Å². The minimum atomic E-state index is 1.33. The molecule has 1 saturated heterocycles. The van der Waals surface area contributed by atoms with E-state index in [9.17, 15) is 0 Å². The monoisotopic (exact) mass is 166 g/mol. The molecule has 1 nitrogen and oxygen atoms in total. The molecule has 0 unspecified atom stereocenters. The fourth-order valence-corrected chi connectivity index (χ4v) is 2.47. The summed E-state index contributed by atoms with van der Waals surface area (Å²) in [7, 11) is 0. The van der Waals surface area contributed by atoms with E-state index in [1.54, 1.807) is 0 Å². The van der Waals surface area contributed by atoms with Crippen LogP contribution in [0.1, 0.15) is 44.9 Å². The Balaban J connectivity index is 1.69. The summed E-state index contributed by atoms with van der Waals surface area (Å²) in [4.78, 5) is 2.66. The minimum absolute atomic E-state index is 1.33. The molecule has 12 heavy (non-hydrogen) atoms. The summed E-state index contributed by atoms with van der Waals surface area (Å²) in [6.45, 7) is 4.06. The van der Waals surface area contributed by atoms with E-state index in [1.165, 1.54) is 64.6 Å². The second kappa shape index (κ2) is 4.27. The topological polar surface area (TPSA) is 3.24 Å². The number of hydrogen-bond acceptors (Lipinski definition) is 1. The van der Waals surface area contributed by atoms with E-state index in [0.717, 1.165) is 0 Å². The molecule has 1 aliphatic heterocycles. The Morgan fingerprint density at radius 2 is 1.50 bits per heavy atom. The highest BCUT2D eigenvalue weighted by Crippen LogP contribution is 2.28. The van der Waals surface area contributed by atoms with Crippen LogP contribution in [0.3, 0.4) is 0 Å². The lowest BCUT2D eigenvalue weighted by Crippen LogP contribution is -2.32. The van der Waals surface area contributed by atoms with Crippen LogP contribution in [0.2, 0.25) is 0 Å². The molecule has 2 fully saturated rings. The van der Waals surface area contributed by atoms with Crippen molar-refractivity contribution >= 4 is 0 Å². The number of likely N-dealkylation sites (tertiary alicyclic amines) is 1. The first-order valence-corrected chi connectivity index (χ1v) is 5.51. The zero-order valence-electron chi connectivity index (χ0n) is 8.02. The molecule has 0 aromatic carbocycles. The average Bonchev–Trinajstić information content (AvgIpc) is 2.59. The van der Waals surface area contributed by atoms with Gasteiger partial charge in [0.15, 0.2) is 0 Å². The van der Waals surface area contributed by atoms with Crippen LogP contribution in [0.15, 0.2) is 0 Å². The predicted molar refractivity (Wildman–Crippen MR) is 52.0 cm³/mol. The van der Waals surface area contributed by atoms with E-state index in [4.69, 9.17) is 0 Å². The third-order valence-electron chi connectivity index (χ3n) is 3.21. The molecular formula is C11H20N. The zero-order chi connectivity index (χ0) is 8.23. The van der Waals surface area contributed by atoms with Gasteiger partial charge in [-0.1, -0.05) is 19.3 Å². The zero-order valence-corrected chi connectivity index (χ0v) is 8.02. The third-order valence-corrected chi connectivity index (χ3v) is 3.21. The molecule has 0 atom stereocenters. The molecule has 1 heteroatoms. The Bertz CT molecular complexity index is 121. The lowest BCUT2D eigenvalue weighted by Gasteiger charge is -2.28. The van der Waals surface area contributed by atoms with Crippen LogP contribution >= 0.6 is 0 Å². The maximum Gasteiger partial charge on any atom is 0.00438 e. The van der Waals surface area contributed by atoms with Crippen molar-refractivity contribution in [2.45, 2.75) is 44.9 Å². The van der Waals surface area contributed by atoms with Crippen molar-refractivity contribution in [1.82, 2.24) is 4.90 Å². The molecule has 2 rings (SSSR count). The molecule has 0 amide bonds. The normalized spacial score (nSPS) is 28.0. The largest absolute Gasteiger partial charge is 0.303 e. The van der Waals surface area contributed by atoms with Crippen molar-refractivity contribution in [1.29, 1.82) is 0 Å². The molecule has 0 N–H and O–H groups in total. The van der Waals surface area contributed by atoms with E-state index < -0.39 is 0 Å². The standard InChI is InChI=1S/C11H20N/c1-4-8-12(9-5-1)10-11-6-2-3-7-11/h1-10H2. The summed E-state index contributed by atoms with van der Waals surface area (Å²) < 4.78 is 0. The van der Waals surface area contributed by atoms with Gasteiger partial charge in [-0.2, -0.15) is 0 Å². The van der Waals surface area contributed by atoms with Crippen LogP contribution in [0.25, 0.3) is 0 Å². The fraction of sp³-hybridized carbons (Fsp3) is 0.909. The van der Waals surface area contributed by atoms with Gasteiger partial charge in [0.2, 0.25) is 0 Å². The van der Waals surface area contributed by atoms with E-state index in [2.05, 4.69) is 4.90 Å². The van der Waals surface area contributed by atoms with Gasteiger partial charge in [0, 0.05) is 6.54 Å². The number of hydrogen-bond donors (Lipinski definition) is 0. The Hall–Kier alpha value is -0.0400. The van der Waals surface area contributed by atoms with E-state index in [1.807, 2.05) is 5.92 Å². The Morgan fingerprint density at radius 1 is 0.833 bits per heavy atom. The van der Waals surface area contributed by atoms with Crippen molar-refractivity contribution in [3.63, 3.8) is 0 Å². The van der Waals surface area contributed by atoms with Crippen molar-refractivity contribution in [2.24, 2.45) is 0 Å². The van der Waals surface area contributed by atoms with Gasteiger partial charge in [-0.3, -0.25) is 0 Å². The Kier molecular flexibility index (Phi) is 3.04. The summed E-state index contributed by atoms with van der Waals surface area (Å²) >= 11 is 0. The molecule has 0 bridgehead atoms. The summed E-state index contributed by atoms with van der Waals surface area (Å²) in [5, 5.41) is 0. The average molecular weight is 166 g/mol. The highest BCUT2D eigenvalue weighted by atomic mass is 15.1. The summed E-state index contributed by atoms with van der Waals surface area (Å²) in [5.74, 6) is 1.83. The first kappa shape index (κ1) is 8.55. The predicted octanol–water partition coefficient (Wildman–Crippen LogP) is 2.62. The molecule has 1 heterocycles. The molecule has 1 radical (unpaired) electrons. The lowest BCUT2D eigenvalue weighted by atomic mass is 10.1. The number of rotatable bonds is 2. The van der Waals surface area contributed by atoms with E-state index in [-0.39, 0.29) is 0 Å². The van der Waals surface area contributed by atoms with Crippen molar-refractivity contribution in [2.75, 3.05) is 19.6 Å². The van der Waals surface area contributed by atoms with Crippen LogP contribution in [-0.2, 0) is 0 Å². The molecule has 1 saturated carbocycles. The molecule has 0 spiro atoms. The first-order valence-electron chi connectivity index (χ1n) is 5.51. The van der Waals surface area contributed by atoms with Crippen LogP contribution in [0.4, 0.5) is 0 Å². The second-order valence-corrected chi connectivity index (χ2v) is 4.29. The first-order chi connectivity index (χ1) is 5.95. The van der Waals surface area contributed by atoms with Crippen molar-refractivity contribution < 1.29 is 0 Å². The van der Waals surface area contributed by atoms with E-state index >= 15 is 0 Å². The number of nitrogens with zero attached hydrogens (tertiary/aromatic N) is 1. The van der Waals surface area contributed by atoms with Gasteiger partial charge in [0.25, 0.3) is 0 Å². The molecule has 69 valence electrons. The SMILES string of the molecule is C1CCN(C[C]2CCCC2)CC1. The van der Waals surface area contributed by atoms with E-state index in [0.29, 0.717) is 0 Å². The van der Waals surface area contributed by atoms with Crippen LogP contribution in [0, 0.1) is 5.92 Å². The smallest absolute Gasteiger partial charge is 0.00438 e. The Labute approximate surface area is 76.1 Å². The second-order valence-electron chi connectivity index (χ2n) is 4.29. The molecule has 0 aromatic rings. The molecule has 1 aliphatic carbocycles. The summed E-state index contributed by atoms with van der Waals surface area (Å²) in [5.41, 5.74) is 0.